The van der Waals surface area contributed by atoms with Crippen LogP contribution in [-0.2, 0) is 23.3 Å². The molecule has 1 aromatic carbocycles. The number of aromatic amines is 1. The quantitative estimate of drug-likeness (QED) is 0.608. The molecule has 4 heterocycles. The molecule has 9 heteroatoms. The summed E-state index contributed by atoms with van der Waals surface area (Å²) in [5.41, 5.74) is 2.86. The molecule has 0 aliphatic carbocycles. The topological polar surface area (TPSA) is 105 Å². The van der Waals surface area contributed by atoms with Crippen molar-refractivity contribution >= 4 is 17.2 Å². The van der Waals surface area contributed by atoms with Gasteiger partial charge in [0.1, 0.15) is 0 Å². The lowest BCUT2D eigenvalue weighted by Gasteiger charge is -2.40. The first kappa shape index (κ1) is 18.4. The summed E-state index contributed by atoms with van der Waals surface area (Å²) in [6, 6.07) is 9.83. The van der Waals surface area contributed by atoms with Crippen LogP contribution in [0.3, 0.4) is 0 Å². The molecule has 150 valence electrons. The van der Waals surface area contributed by atoms with Crippen molar-refractivity contribution in [2.75, 3.05) is 19.7 Å². The van der Waals surface area contributed by atoms with E-state index in [4.69, 9.17) is 4.74 Å². The van der Waals surface area contributed by atoms with Gasteiger partial charge in [0.2, 0.25) is 5.82 Å². The molecule has 2 aromatic heterocycles. The molecule has 1 saturated heterocycles. The van der Waals surface area contributed by atoms with Crippen LogP contribution in [0.2, 0.25) is 0 Å². The second-order valence-corrected chi connectivity index (χ2v) is 8.55. The van der Waals surface area contributed by atoms with Gasteiger partial charge in [0.15, 0.2) is 0 Å². The lowest BCUT2D eigenvalue weighted by Crippen LogP contribution is -2.44. The standard InChI is InChI=1S/C20H22N6O2S/c27-19(22-12-13-2-1-3-14(10-13)18-23-25-26-24-18)17-11-15-16(29-17)4-9-28-20(15)5-7-21-8-6-20/h1-3,10-11,21H,4-9,12H2,(H,22,27)(H,23,24,25,26). The number of carbonyl (C=O) groups is 1. The van der Waals surface area contributed by atoms with Crippen molar-refractivity contribution in [1.29, 1.82) is 0 Å². The second kappa shape index (κ2) is 7.66. The minimum atomic E-state index is -0.215. The first-order valence-corrected chi connectivity index (χ1v) is 10.6. The smallest absolute Gasteiger partial charge is 0.261 e. The van der Waals surface area contributed by atoms with Crippen molar-refractivity contribution in [1.82, 2.24) is 31.3 Å². The van der Waals surface area contributed by atoms with E-state index in [9.17, 15) is 4.79 Å². The summed E-state index contributed by atoms with van der Waals surface area (Å²) in [6.45, 7) is 3.08. The number of piperidine rings is 1. The summed E-state index contributed by atoms with van der Waals surface area (Å²) < 4.78 is 6.22. The lowest BCUT2D eigenvalue weighted by atomic mass is 9.83. The van der Waals surface area contributed by atoms with Gasteiger partial charge in [-0.15, -0.1) is 21.5 Å². The number of nitrogens with one attached hydrogen (secondary N) is 3. The fourth-order valence-corrected chi connectivity index (χ4v) is 5.29. The molecule has 3 aromatic rings. The minimum absolute atomic E-state index is 0.0431. The average Bonchev–Trinajstić information content (AvgIpc) is 3.44. The predicted octanol–water partition coefficient (Wildman–Crippen LogP) is 2.01. The molecule has 1 spiro atoms. The highest BCUT2D eigenvalue weighted by molar-refractivity contribution is 7.14. The van der Waals surface area contributed by atoms with E-state index in [0.717, 1.165) is 55.0 Å². The Balaban J connectivity index is 1.30. The van der Waals surface area contributed by atoms with Gasteiger partial charge in [0.05, 0.1) is 17.1 Å². The maximum absolute atomic E-state index is 12.8. The zero-order valence-electron chi connectivity index (χ0n) is 15.9. The number of thiophene rings is 1. The molecule has 0 bridgehead atoms. The Morgan fingerprint density at radius 1 is 1.28 bits per heavy atom. The number of carbonyl (C=O) groups excluding carboxylic acids is 1. The van der Waals surface area contributed by atoms with E-state index in [2.05, 4.69) is 37.3 Å². The zero-order valence-corrected chi connectivity index (χ0v) is 16.7. The summed E-state index contributed by atoms with van der Waals surface area (Å²) in [6.07, 6.45) is 2.80. The number of H-pyrrole nitrogens is 1. The molecule has 0 atom stereocenters. The molecule has 29 heavy (non-hydrogen) atoms. The Morgan fingerprint density at radius 2 is 2.17 bits per heavy atom. The van der Waals surface area contributed by atoms with Crippen molar-refractivity contribution in [2.45, 2.75) is 31.4 Å². The summed E-state index contributed by atoms with van der Waals surface area (Å²) >= 11 is 1.60. The Labute approximate surface area is 172 Å². The number of aromatic nitrogens is 4. The number of fused-ring (bicyclic) bond motifs is 2. The van der Waals surface area contributed by atoms with E-state index in [0.29, 0.717) is 12.4 Å². The van der Waals surface area contributed by atoms with Crippen molar-refractivity contribution in [3.8, 4) is 11.4 Å². The third-order valence-electron chi connectivity index (χ3n) is 5.63. The molecular formula is C20H22N6O2S. The van der Waals surface area contributed by atoms with Gasteiger partial charge in [-0.2, -0.15) is 5.21 Å². The maximum Gasteiger partial charge on any atom is 0.261 e. The van der Waals surface area contributed by atoms with Gasteiger partial charge in [0, 0.05) is 23.4 Å². The van der Waals surface area contributed by atoms with E-state index in [1.165, 1.54) is 10.4 Å². The summed E-state index contributed by atoms with van der Waals surface area (Å²) in [5.74, 6) is 0.495. The van der Waals surface area contributed by atoms with E-state index in [-0.39, 0.29) is 11.5 Å². The van der Waals surface area contributed by atoms with Crippen LogP contribution in [-0.4, -0.2) is 46.2 Å². The highest BCUT2D eigenvalue weighted by atomic mass is 32.1. The summed E-state index contributed by atoms with van der Waals surface area (Å²) in [4.78, 5) is 14.9. The Hall–Kier alpha value is -2.62. The van der Waals surface area contributed by atoms with E-state index < -0.39 is 0 Å². The first-order chi connectivity index (χ1) is 14.2. The molecule has 0 saturated carbocycles. The number of amides is 1. The monoisotopic (exact) mass is 410 g/mol. The minimum Gasteiger partial charge on any atom is -0.370 e. The van der Waals surface area contributed by atoms with Crippen LogP contribution >= 0.6 is 11.3 Å². The third kappa shape index (κ3) is 3.57. The van der Waals surface area contributed by atoms with Crippen LogP contribution in [0.1, 0.15) is 38.5 Å². The molecule has 5 rings (SSSR count). The van der Waals surface area contributed by atoms with Gasteiger partial charge < -0.3 is 15.4 Å². The van der Waals surface area contributed by atoms with Crippen LogP contribution in [0.15, 0.2) is 30.3 Å². The van der Waals surface area contributed by atoms with Crippen LogP contribution in [0.25, 0.3) is 11.4 Å². The Morgan fingerprint density at radius 3 is 3.00 bits per heavy atom. The number of nitrogens with zero attached hydrogens (tertiary/aromatic N) is 3. The zero-order chi connectivity index (χ0) is 19.7. The largest absolute Gasteiger partial charge is 0.370 e. The van der Waals surface area contributed by atoms with Gasteiger partial charge in [-0.3, -0.25) is 4.79 Å². The number of hydrogen-bond donors (Lipinski definition) is 3. The highest BCUT2D eigenvalue weighted by Gasteiger charge is 2.40. The van der Waals surface area contributed by atoms with Crippen LogP contribution in [0.4, 0.5) is 0 Å². The molecule has 8 nitrogen and oxygen atoms in total. The van der Waals surface area contributed by atoms with Crippen LogP contribution in [0, 0.1) is 0 Å². The number of tetrazole rings is 1. The second-order valence-electron chi connectivity index (χ2n) is 7.41. The SMILES string of the molecule is O=C(NCc1cccc(-c2nn[nH]n2)c1)c1cc2c(s1)CCOC21CCNCC1. The number of benzene rings is 1. The van der Waals surface area contributed by atoms with Crippen molar-refractivity contribution in [2.24, 2.45) is 0 Å². The molecule has 0 radical (unpaired) electrons. The van der Waals surface area contributed by atoms with Gasteiger partial charge in [0.25, 0.3) is 5.91 Å². The number of ether oxygens (including phenoxy) is 1. The van der Waals surface area contributed by atoms with Crippen molar-refractivity contribution in [3.63, 3.8) is 0 Å². The molecule has 0 unspecified atom stereocenters. The molecule has 2 aliphatic heterocycles. The first-order valence-electron chi connectivity index (χ1n) is 9.82. The highest BCUT2D eigenvalue weighted by Crippen LogP contribution is 2.43. The molecule has 1 fully saturated rings. The van der Waals surface area contributed by atoms with Gasteiger partial charge in [-0.25, -0.2) is 0 Å². The third-order valence-corrected chi connectivity index (χ3v) is 6.82. The van der Waals surface area contributed by atoms with Crippen molar-refractivity contribution in [3.05, 3.63) is 51.2 Å². The van der Waals surface area contributed by atoms with E-state index in [1.807, 2.05) is 24.3 Å². The fraction of sp³-hybridized carbons (Fsp3) is 0.400. The van der Waals surface area contributed by atoms with Gasteiger partial charge >= 0.3 is 0 Å². The summed E-state index contributed by atoms with van der Waals surface area (Å²) in [7, 11) is 0. The lowest BCUT2D eigenvalue weighted by molar-refractivity contribution is -0.0792. The molecule has 2 aliphatic rings. The summed E-state index contributed by atoms with van der Waals surface area (Å²) in [5, 5.41) is 20.5. The van der Waals surface area contributed by atoms with E-state index >= 15 is 0 Å². The number of hydrogen-bond acceptors (Lipinski definition) is 7. The normalized spacial score (nSPS) is 17.8. The van der Waals surface area contributed by atoms with Crippen LogP contribution < -0.4 is 10.6 Å². The number of rotatable bonds is 4. The van der Waals surface area contributed by atoms with Crippen molar-refractivity contribution < 1.29 is 9.53 Å². The predicted molar refractivity (Wildman–Crippen MR) is 109 cm³/mol. The van der Waals surface area contributed by atoms with Gasteiger partial charge in [-0.1, -0.05) is 18.2 Å². The maximum atomic E-state index is 12.8. The fourth-order valence-electron chi connectivity index (χ4n) is 4.15. The van der Waals surface area contributed by atoms with E-state index in [1.54, 1.807) is 11.3 Å². The van der Waals surface area contributed by atoms with Crippen LogP contribution in [0.5, 0.6) is 0 Å². The Bertz CT molecular complexity index is 1010. The van der Waals surface area contributed by atoms with Gasteiger partial charge in [-0.05, 0) is 54.4 Å². The molecular weight excluding hydrogens is 388 g/mol. The molecule has 1 amide bonds. The molecule has 3 N–H and O–H groups in total. The average molecular weight is 411 g/mol. The Kier molecular flexibility index (Phi) is 4.86.